The molecule has 17 heavy (non-hydrogen) atoms. The topological polar surface area (TPSA) is 55.1 Å². The lowest BCUT2D eigenvalue weighted by Gasteiger charge is -2.29. The van der Waals surface area contributed by atoms with E-state index in [4.69, 9.17) is 5.73 Å². The van der Waals surface area contributed by atoms with Gasteiger partial charge in [0.05, 0.1) is 5.92 Å². The Bertz CT molecular complexity index is 261. The van der Waals surface area contributed by atoms with Crippen LogP contribution in [0, 0.1) is 17.3 Å². The minimum Gasteiger partial charge on any atom is -0.353 e. The number of amides is 1. The van der Waals surface area contributed by atoms with Crippen molar-refractivity contribution in [1.29, 1.82) is 0 Å². The van der Waals surface area contributed by atoms with Crippen molar-refractivity contribution in [2.75, 3.05) is 6.54 Å². The summed E-state index contributed by atoms with van der Waals surface area (Å²) < 4.78 is 0. The number of rotatable bonds is 5. The molecule has 0 radical (unpaired) electrons. The van der Waals surface area contributed by atoms with Crippen molar-refractivity contribution in [3.8, 4) is 0 Å². The van der Waals surface area contributed by atoms with Crippen LogP contribution in [0.15, 0.2) is 0 Å². The smallest absolute Gasteiger partial charge is 0.224 e. The molecule has 1 fully saturated rings. The van der Waals surface area contributed by atoms with Crippen LogP contribution in [0.5, 0.6) is 0 Å². The molecule has 2 atom stereocenters. The molecule has 0 saturated heterocycles. The SMILES string of the molecule is CC(C)CC(CN)C(=O)NC1CCCC1(C)C. The number of nitrogens with one attached hydrogen (secondary N) is 1. The van der Waals surface area contributed by atoms with E-state index in [2.05, 4.69) is 33.0 Å². The molecule has 1 amide bonds. The van der Waals surface area contributed by atoms with E-state index >= 15 is 0 Å². The van der Waals surface area contributed by atoms with Crippen LogP contribution in [0.4, 0.5) is 0 Å². The highest BCUT2D eigenvalue weighted by molar-refractivity contribution is 5.79. The van der Waals surface area contributed by atoms with E-state index in [1.807, 2.05) is 0 Å². The largest absolute Gasteiger partial charge is 0.353 e. The maximum Gasteiger partial charge on any atom is 0.224 e. The van der Waals surface area contributed by atoms with Gasteiger partial charge in [-0.3, -0.25) is 4.79 Å². The molecule has 3 nitrogen and oxygen atoms in total. The van der Waals surface area contributed by atoms with Crippen molar-refractivity contribution in [1.82, 2.24) is 5.32 Å². The summed E-state index contributed by atoms with van der Waals surface area (Å²) in [5.41, 5.74) is 5.95. The van der Waals surface area contributed by atoms with Gasteiger partial charge in [-0.2, -0.15) is 0 Å². The van der Waals surface area contributed by atoms with Crippen LogP contribution in [0.25, 0.3) is 0 Å². The van der Waals surface area contributed by atoms with Gasteiger partial charge in [-0.05, 0) is 30.6 Å². The average Bonchev–Trinajstić information content (AvgIpc) is 2.54. The lowest BCUT2D eigenvalue weighted by Crippen LogP contribution is -2.46. The Hall–Kier alpha value is -0.570. The predicted molar refractivity (Wildman–Crippen MR) is 71.6 cm³/mol. The van der Waals surface area contributed by atoms with E-state index in [-0.39, 0.29) is 17.2 Å². The molecule has 0 bridgehead atoms. The number of nitrogens with two attached hydrogens (primary N) is 1. The van der Waals surface area contributed by atoms with Crippen LogP contribution in [-0.2, 0) is 4.79 Å². The fourth-order valence-electron chi connectivity index (χ4n) is 2.76. The molecule has 0 aromatic heterocycles. The van der Waals surface area contributed by atoms with Gasteiger partial charge < -0.3 is 11.1 Å². The molecule has 3 N–H and O–H groups in total. The van der Waals surface area contributed by atoms with E-state index < -0.39 is 0 Å². The van der Waals surface area contributed by atoms with Gasteiger partial charge in [0.25, 0.3) is 0 Å². The molecule has 0 heterocycles. The van der Waals surface area contributed by atoms with Crippen LogP contribution < -0.4 is 11.1 Å². The second-order valence-corrected chi connectivity index (χ2v) is 6.50. The summed E-state index contributed by atoms with van der Waals surface area (Å²) >= 11 is 0. The zero-order valence-electron chi connectivity index (χ0n) is 11.8. The van der Waals surface area contributed by atoms with Gasteiger partial charge in [-0.1, -0.05) is 34.1 Å². The molecule has 0 spiro atoms. The monoisotopic (exact) mass is 240 g/mol. The quantitative estimate of drug-likeness (QED) is 0.774. The third-order valence-electron chi connectivity index (χ3n) is 3.98. The van der Waals surface area contributed by atoms with E-state index in [0.29, 0.717) is 18.5 Å². The first kappa shape index (κ1) is 14.5. The number of carbonyl (C=O) groups is 1. The summed E-state index contributed by atoms with van der Waals surface area (Å²) in [5.74, 6) is 0.651. The predicted octanol–water partition coefficient (Wildman–Crippen LogP) is 2.30. The summed E-state index contributed by atoms with van der Waals surface area (Å²) in [6.45, 7) is 9.21. The number of hydrogen-bond donors (Lipinski definition) is 2. The average molecular weight is 240 g/mol. The molecule has 0 aromatic rings. The molecule has 3 heteroatoms. The molecule has 0 aliphatic heterocycles. The highest BCUT2D eigenvalue weighted by atomic mass is 16.2. The third-order valence-corrected chi connectivity index (χ3v) is 3.98. The van der Waals surface area contributed by atoms with Crippen LogP contribution >= 0.6 is 0 Å². The van der Waals surface area contributed by atoms with Gasteiger partial charge in [0.15, 0.2) is 0 Å². The second-order valence-electron chi connectivity index (χ2n) is 6.50. The summed E-state index contributed by atoms with van der Waals surface area (Å²) in [6, 6.07) is 0.330. The van der Waals surface area contributed by atoms with Crippen LogP contribution in [0.1, 0.15) is 53.4 Å². The van der Waals surface area contributed by atoms with Crippen LogP contribution in [0.2, 0.25) is 0 Å². The fourth-order valence-corrected chi connectivity index (χ4v) is 2.76. The first-order chi connectivity index (χ1) is 7.86. The van der Waals surface area contributed by atoms with Gasteiger partial charge in [0.2, 0.25) is 5.91 Å². The molecule has 1 rings (SSSR count). The molecule has 2 unspecified atom stereocenters. The van der Waals surface area contributed by atoms with Gasteiger partial charge >= 0.3 is 0 Å². The van der Waals surface area contributed by atoms with Crippen molar-refractivity contribution < 1.29 is 4.79 Å². The Labute approximate surface area is 106 Å². The maximum absolute atomic E-state index is 12.2. The van der Waals surface area contributed by atoms with Gasteiger partial charge in [-0.15, -0.1) is 0 Å². The molecular weight excluding hydrogens is 212 g/mol. The highest BCUT2D eigenvalue weighted by Crippen LogP contribution is 2.37. The molecule has 1 aliphatic carbocycles. The first-order valence-corrected chi connectivity index (χ1v) is 6.87. The van der Waals surface area contributed by atoms with Crippen molar-refractivity contribution in [2.24, 2.45) is 23.0 Å². The molecule has 1 aliphatic rings. The normalized spacial score (nSPS) is 24.9. The Morgan fingerprint density at radius 2 is 2.12 bits per heavy atom. The molecule has 0 aromatic carbocycles. The lowest BCUT2D eigenvalue weighted by atomic mass is 9.86. The number of carbonyl (C=O) groups excluding carboxylic acids is 1. The summed E-state index contributed by atoms with van der Waals surface area (Å²) in [6.07, 6.45) is 4.41. The van der Waals surface area contributed by atoms with Crippen LogP contribution in [0.3, 0.4) is 0 Å². The molecular formula is C14H28N2O. The summed E-state index contributed by atoms with van der Waals surface area (Å²) in [7, 11) is 0. The summed E-state index contributed by atoms with van der Waals surface area (Å²) in [5, 5.41) is 3.21. The minimum absolute atomic E-state index is 0.0219. The lowest BCUT2D eigenvalue weighted by molar-refractivity contribution is -0.126. The Kier molecular flexibility index (Phi) is 4.99. The van der Waals surface area contributed by atoms with Crippen molar-refractivity contribution >= 4 is 5.91 Å². The zero-order chi connectivity index (χ0) is 13.1. The third kappa shape index (κ3) is 3.98. The Morgan fingerprint density at radius 1 is 1.47 bits per heavy atom. The Morgan fingerprint density at radius 3 is 2.53 bits per heavy atom. The van der Waals surface area contributed by atoms with Gasteiger partial charge in [-0.25, -0.2) is 0 Å². The van der Waals surface area contributed by atoms with Crippen molar-refractivity contribution in [2.45, 2.75) is 59.4 Å². The minimum atomic E-state index is -0.0219. The second kappa shape index (κ2) is 5.85. The highest BCUT2D eigenvalue weighted by Gasteiger charge is 2.36. The zero-order valence-corrected chi connectivity index (χ0v) is 11.8. The maximum atomic E-state index is 12.2. The fraction of sp³-hybridized carbons (Fsp3) is 0.929. The standard InChI is InChI=1S/C14H28N2O/c1-10(2)8-11(9-15)13(17)16-12-6-5-7-14(12,3)4/h10-12H,5-9,15H2,1-4H3,(H,16,17). The van der Waals surface area contributed by atoms with Gasteiger partial charge in [0, 0.05) is 12.6 Å². The van der Waals surface area contributed by atoms with Crippen molar-refractivity contribution in [3.63, 3.8) is 0 Å². The van der Waals surface area contributed by atoms with E-state index in [9.17, 15) is 4.79 Å². The van der Waals surface area contributed by atoms with E-state index in [1.54, 1.807) is 0 Å². The summed E-state index contributed by atoms with van der Waals surface area (Å²) in [4.78, 5) is 12.2. The number of hydrogen-bond acceptors (Lipinski definition) is 2. The van der Waals surface area contributed by atoms with E-state index in [0.717, 1.165) is 12.8 Å². The van der Waals surface area contributed by atoms with Crippen molar-refractivity contribution in [3.05, 3.63) is 0 Å². The molecule has 100 valence electrons. The van der Waals surface area contributed by atoms with E-state index in [1.165, 1.54) is 12.8 Å². The molecule has 1 saturated carbocycles. The van der Waals surface area contributed by atoms with Gasteiger partial charge in [0.1, 0.15) is 0 Å². The Balaban J connectivity index is 2.52. The van der Waals surface area contributed by atoms with Crippen LogP contribution in [-0.4, -0.2) is 18.5 Å². The first-order valence-electron chi connectivity index (χ1n) is 6.87.